The molecule has 0 aromatic heterocycles. The molecule has 0 radical (unpaired) electrons. The van der Waals surface area contributed by atoms with Gasteiger partial charge >= 0.3 is 12.0 Å². The summed E-state index contributed by atoms with van der Waals surface area (Å²) in [5.41, 5.74) is -1.06. The number of hydrogen-bond acceptors (Lipinski definition) is 4. The fraction of sp³-hybridized carbons (Fsp3) is 0.882. The van der Waals surface area contributed by atoms with Crippen molar-refractivity contribution in [2.75, 3.05) is 39.4 Å². The van der Waals surface area contributed by atoms with E-state index in [-0.39, 0.29) is 6.03 Å². The Morgan fingerprint density at radius 3 is 2.21 bits per heavy atom. The van der Waals surface area contributed by atoms with Crippen molar-refractivity contribution in [2.24, 2.45) is 0 Å². The lowest BCUT2D eigenvalue weighted by molar-refractivity contribution is -0.146. The van der Waals surface area contributed by atoms with Gasteiger partial charge < -0.3 is 20.1 Å². The molecule has 2 N–H and O–H groups in total. The fourth-order valence-electron chi connectivity index (χ4n) is 4.21. The number of carbonyl (C=O) groups excluding carboxylic acids is 1. The standard InChI is InChI=1S/C17H29N3O4/c21-15(22)17(6-2-1-3-7-17)18-16(23)20-8-4-14(5-9-20)19-10-12-24-13-11-19/h14H,1-13H2,(H,18,23)(H,21,22). The van der Waals surface area contributed by atoms with Gasteiger partial charge in [0.1, 0.15) is 5.54 Å². The van der Waals surface area contributed by atoms with E-state index in [1.807, 2.05) is 0 Å². The minimum Gasteiger partial charge on any atom is -0.480 e. The predicted molar refractivity (Wildman–Crippen MR) is 89.0 cm³/mol. The summed E-state index contributed by atoms with van der Waals surface area (Å²) >= 11 is 0. The van der Waals surface area contributed by atoms with Gasteiger partial charge in [-0.25, -0.2) is 9.59 Å². The molecule has 0 spiro atoms. The molecule has 2 saturated heterocycles. The molecule has 1 saturated carbocycles. The second-order valence-corrected chi connectivity index (χ2v) is 7.24. The number of rotatable bonds is 3. The zero-order valence-corrected chi connectivity index (χ0v) is 14.3. The third-order valence-electron chi connectivity index (χ3n) is 5.78. The highest BCUT2D eigenvalue weighted by molar-refractivity contribution is 5.86. The second-order valence-electron chi connectivity index (χ2n) is 7.24. The van der Waals surface area contributed by atoms with Crippen molar-refractivity contribution in [2.45, 2.75) is 56.5 Å². The van der Waals surface area contributed by atoms with Gasteiger partial charge in [-0.15, -0.1) is 0 Å². The fourth-order valence-corrected chi connectivity index (χ4v) is 4.21. The molecular weight excluding hydrogens is 310 g/mol. The van der Waals surface area contributed by atoms with Crippen LogP contribution >= 0.6 is 0 Å². The van der Waals surface area contributed by atoms with Gasteiger partial charge in [0.05, 0.1) is 13.2 Å². The Bertz CT molecular complexity index is 451. The molecule has 3 fully saturated rings. The lowest BCUT2D eigenvalue weighted by Gasteiger charge is -2.41. The topological polar surface area (TPSA) is 82.1 Å². The van der Waals surface area contributed by atoms with Gasteiger partial charge in [0.15, 0.2) is 0 Å². The van der Waals surface area contributed by atoms with Crippen molar-refractivity contribution in [3.05, 3.63) is 0 Å². The molecule has 0 atom stereocenters. The minimum absolute atomic E-state index is 0.209. The van der Waals surface area contributed by atoms with Crippen LogP contribution in [0.15, 0.2) is 0 Å². The third-order valence-corrected chi connectivity index (χ3v) is 5.78. The minimum atomic E-state index is -1.06. The first-order valence-corrected chi connectivity index (χ1v) is 9.23. The summed E-state index contributed by atoms with van der Waals surface area (Å²) in [6.07, 6.45) is 5.77. The molecule has 0 unspecified atom stereocenters. The van der Waals surface area contributed by atoms with E-state index < -0.39 is 11.5 Å². The lowest BCUT2D eigenvalue weighted by atomic mass is 9.82. The number of nitrogens with one attached hydrogen (secondary N) is 1. The quantitative estimate of drug-likeness (QED) is 0.809. The number of carboxylic acid groups (broad SMARTS) is 1. The Hall–Kier alpha value is -1.34. The van der Waals surface area contributed by atoms with E-state index in [1.54, 1.807) is 4.90 Å². The number of likely N-dealkylation sites (tertiary alicyclic amines) is 1. The maximum Gasteiger partial charge on any atom is 0.329 e. The van der Waals surface area contributed by atoms with Crippen LogP contribution in [0.25, 0.3) is 0 Å². The van der Waals surface area contributed by atoms with Crippen LogP contribution in [0.4, 0.5) is 4.79 Å². The zero-order valence-electron chi connectivity index (χ0n) is 14.3. The summed E-state index contributed by atoms with van der Waals surface area (Å²) in [6.45, 7) is 4.93. The molecule has 1 aliphatic carbocycles. The summed E-state index contributed by atoms with van der Waals surface area (Å²) in [6, 6.07) is 0.306. The summed E-state index contributed by atoms with van der Waals surface area (Å²) in [5.74, 6) is -0.890. The monoisotopic (exact) mass is 339 g/mol. The summed E-state index contributed by atoms with van der Waals surface area (Å²) in [4.78, 5) is 28.5. The average Bonchev–Trinajstić information content (AvgIpc) is 2.63. The molecule has 0 aromatic carbocycles. The van der Waals surface area contributed by atoms with Gasteiger partial charge in [-0.2, -0.15) is 0 Å². The van der Waals surface area contributed by atoms with Crippen molar-refractivity contribution >= 4 is 12.0 Å². The van der Waals surface area contributed by atoms with E-state index in [4.69, 9.17) is 4.74 Å². The molecule has 7 nitrogen and oxygen atoms in total. The highest BCUT2D eigenvalue weighted by Crippen LogP contribution is 2.29. The maximum atomic E-state index is 12.6. The second kappa shape index (κ2) is 7.70. The normalized spacial score (nSPS) is 26.1. The van der Waals surface area contributed by atoms with Crippen LogP contribution < -0.4 is 5.32 Å². The molecule has 7 heteroatoms. The number of urea groups is 1. The van der Waals surface area contributed by atoms with E-state index >= 15 is 0 Å². The molecular formula is C17H29N3O4. The lowest BCUT2D eigenvalue weighted by Crippen LogP contribution is -2.60. The van der Waals surface area contributed by atoms with E-state index in [0.717, 1.165) is 58.4 Å². The average molecular weight is 339 g/mol. The molecule has 136 valence electrons. The molecule has 24 heavy (non-hydrogen) atoms. The largest absolute Gasteiger partial charge is 0.480 e. The van der Waals surface area contributed by atoms with Crippen LogP contribution in [0, 0.1) is 0 Å². The molecule has 2 heterocycles. The number of carboxylic acids is 1. The number of aliphatic carboxylic acids is 1. The summed E-state index contributed by atoms with van der Waals surface area (Å²) < 4.78 is 5.40. The highest BCUT2D eigenvalue weighted by Gasteiger charge is 2.42. The van der Waals surface area contributed by atoms with Crippen molar-refractivity contribution in [3.63, 3.8) is 0 Å². The van der Waals surface area contributed by atoms with Gasteiger partial charge in [-0.3, -0.25) is 4.90 Å². The third kappa shape index (κ3) is 3.83. The van der Waals surface area contributed by atoms with E-state index in [0.29, 0.717) is 32.0 Å². The van der Waals surface area contributed by atoms with E-state index in [9.17, 15) is 14.7 Å². The van der Waals surface area contributed by atoms with Crippen LogP contribution in [0.1, 0.15) is 44.9 Å². The number of piperidine rings is 1. The molecule has 2 aliphatic heterocycles. The van der Waals surface area contributed by atoms with E-state index in [1.165, 1.54) is 0 Å². The molecule has 3 rings (SSSR count). The van der Waals surface area contributed by atoms with Crippen molar-refractivity contribution in [1.29, 1.82) is 0 Å². The summed E-state index contributed by atoms with van der Waals surface area (Å²) in [5, 5.41) is 12.4. The molecule has 0 bridgehead atoms. The Morgan fingerprint density at radius 1 is 1.00 bits per heavy atom. The van der Waals surface area contributed by atoms with Crippen LogP contribution in [-0.2, 0) is 9.53 Å². The SMILES string of the molecule is O=C(NC1(C(=O)O)CCCCC1)N1CCC(N2CCOCC2)CC1. The maximum absolute atomic E-state index is 12.6. The van der Waals surface area contributed by atoms with E-state index in [2.05, 4.69) is 10.2 Å². The highest BCUT2D eigenvalue weighted by atomic mass is 16.5. The first-order chi connectivity index (χ1) is 11.6. The van der Waals surface area contributed by atoms with Crippen LogP contribution in [0.5, 0.6) is 0 Å². The van der Waals surface area contributed by atoms with Gasteiger partial charge in [0, 0.05) is 32.2 Å². The van der Waals surface area contributed by atoms with Crippen molar-refractivity contribution in [1.82, 2.24) is 15.1 Å². The van der Waals surface area contributed by atoms with Gasteiger partial charge in [-0.1, -0.05) is 19.3 Å². The smallest absolute Gasteiger partial charge is 0.329 e. The first-order valence-electron chi connectivity index (χ1n) is 9.23. The first kappa shape index (κ1) is 17.5. The Kier molecular flexibility index (Phi) is 5.61. The number of hydrogen-bond donors (Lipinski definition) is 2. The van der Waals surface area contributed by atoms with Gasteiger partial charge in [-0.05, 0) is 25.7 Å². The predicted octanol–water partition coefficient (Wildman–Crippen LogP) is 1.28. The number of nitrogens with zero attached hydrogens (tertiary/aromatic N) is 2. The molecule has 2 amide bonds. The summed E-state index contributed by atoms with van der Waals surface area (Å²) in [7, 11) is 0. The van der Waals surface area contributed by atoms with Gasteiger partial charge in [0.2, 0.25) is 0 Å². The van der Waals surface area contributed by atoms with Gasteiger partial charge in [0.25, 0.3) is 0 Å². The van der Waals surface area contributed by atoms with Crippen LogP contribution in [0.2, 0.25) is 0 Å². The van der Waals surface area contributed by atoms with Crippen LogP contribution in [-0.4, -0.2) is 77.9 Å². The Balaban J connectivity index is 1.52. The Morgan fingerprint density at radius 2 is 1.62 bits per heavy atom. The molecule has 3 aliphatic rings. The van der Waals surface area contributed by atoms with Crippen molar-refractivity contribution < 1.29 is 19.4 Å². The molecule has 0 aromatic rings. The number of ether oxygens (including phenoxy) is 1. The van der Waals surface area contributed by atoms with Crippen molar-refractivity contribution in [3.8, 4) is 0 Å². The number of carbonyl (C=O) groups is 2. The number of morpholine rings is 1. The van der Waals surface area contributed by atoms with Crippen LogP contribution in [0.3, 0.4) is 0 Å². The Labute approximate surface area is 143 Å². The zero-order chi connectivity index (χ0) is 17.0. The number of amides is 2.